The van der Waals surface area contributed by atoms with E-state index < -0.39 is 21.4 Å². The van der Waals surface area contributed by atoms with Crippen molar-refractivity contribution in [2.75, 3.05) is 6.54 Å². The molecule has 1 aliphatic rings. The Bertz CT molecular complexity index is 577. The lowest BCUT2D eigenvalue weighted by Gasteiger charge is -2.28. The Morgan fingerprint density at radius 2 is 1.95 bits per heavy atom. The van der Waals surface area contributed by atoms with Crippen molar-refractivity contribution in [1.82, 2.24) is 4.72 Å². The summed E-state index contributed by atoms with van der Waals surface area (Å²) in [6, 6.07) is 3.59. The van der Waals surface area contributed by atoms with Gasteiger partial charge in [0, 0.05) is 16.6 Å². The van der Waals surface area contributed by atoms with E-state index in [9.17, 15) is 12.8 Å². The lowest BCUT2D eigenvalue weighted by molar-refractivity contribution is 0.399. The number of rotatable bonds is 4. The van der Waals surface area contributed by atoms with Gasteiger partial charge in [-0.25, -0.2) is 17.5 Å². The van der Waals surface area contributed by atoms with Crippen LogP contribution in [0.5, 0.6) is 0 Å². The number of nitrogens with two attached hydrogens (primary N) is 1. The first-order chi connectivity index (χ1) is 8.88. The molecule has 0 saturated heterocycles. The Morgan fingerprint density at radius 3 is 2.50 bits per heavy atom. The summed E-state index contributed by atoms with van der Waals surface area (Å²) >= 11 is 3.14. The van der Waals surface area contributed by atoms with E-state index in [1.54, 1.807) is 0 Å². The first kappa shape index (κ1) is 17.8. The molecule has 0 radical (unpaired) electrons. The van der Waals surface area contributed by atoms with Gasteiger partial charge < -0.3 is 5.73 Å². The van der Waals surface area contributed by atoms with E-state index in [1.807, 2.05) is 0 Å². The maximum absolute atomic E-state index is 13.2. The Kier molecular flexibility index (Phi) is 5.98. The van der Waals surface area contributed by atoms with Crippen LogP contribution in [0.25, 0.3) is 0 Å². The average Bonchev–Trinajstić information content (AvgIpc) is 2.80. The van der Waals surface area contributed by atoms with Gasteiger partial charge >= 0.3 is 0 Å². The molecule has 4 nitrogen and oxygen atoms in total. The van der Waals surface area contributed by atoms with Crippen LogP contribution in [0.3, 0.4) is 0 Å². The van der Waals surface area contributed by atoms with Crippen molar-refractivity contribution in [3.8, 4) is 0 Å². The minimum Gasteiger partial charge on any atom is -0.329 e. The molecule has 1 aliphatic carbocycles. The Balaban J connectivity index is 0.00000200. The molecular weight excluding hydrogens is 371 g/mol. The molecule has 1 saturated carbocycles. The molecule has 0 aliphatic heterocycles. The minimum atomic E-state index is -3.78. The molecule has 3 N–H and O–H groups in total. The van der Waals surface area contributed by atoms with Gasteiger partial charge in [0.25, 0.3) is 0 Å². The molecular formula is C12H17BrClFN2O2S. The summed E-state index contributed by atoms with van der Waals surface area (Å²) in [6.07, 6.45) is 3.33. The van der Waals surface area contributed by atoms with Crippen LogP contribution < -0.4 is 10.5 Å². The Labute approximate surface area is 132 Å². The summed E-state index contributed by atoms with van der Waals surface area (Å²) < 4.78 is 40.9. The number of nitrogens with one attached hydrogen (secondary N) is 1. The molecule has 20 heavy (non-hydrogen) atoms. The van der Waals surface area contributed by atoms with E-state index in [4.69, 9.17) is 5.73 Å². The van der Waals surface area contributed by atoms with Crippen LogP contribution in [0.1, 0.15) is 25.7 Å². The fourth-order valence-corrected chi connectivity index (χ4v) is 4.87. The van der Waals surface area contributed by atoms with E-state index in [1.165, 1.54) is 12.1 Å². The third kappa shape index (κ3) is 3.71. The first-order valence-electron chi connectivity index (χ1n) is 6.08. The molecule has 0 spiro atoms. The molecule has 0 amide bonds. The maximum Gasteiger partial charge on any atom is 0.242 e. The lowest BCUT2D eigenvalue weighted by atomic mass is 10.0. The second kappa shape index (κ2) is 6.70. The SMILES string of the molecule is Cl.NCC1(NS(=O)(=O)c2cc(F)ccc2Br)CCCC1. The van der Waals surface area contributed by atoms with E-state index in [-0.39, 0.29) is 23.8 Å². The highest BCUT2D eigenvalue weighted by molar-refractivity contribution is 9.10. The smallest absolute Gasteiger partial charge is 0.242 e. The van der Waals surface area contributed by atoms with Crippen molar-refractivity contribution in [2.45, 2.75) is 36.1 Å². The molecule has 8 heteroatoms. The highest BCUT2D eigenvalue weighted by atomic mass is 79.9. The monoisotopic (exact) mass is 386 g/mol. The molecule has 1 aromatic carbocycles. The second-order valence-corrected chi connectivity index (χ2v) is 7.38. The van der Waals surface area contributed by atoms with Crippen LogP contribution in [-0.2, 0) is 10.0 Å². The van der Waals surface area contributed by atoms with Crippen molar-refractivity contribution in [2.24, 2.45) is 5.73 Å². The predicted molar refractivity (Wildman–Crippen MR) is 81.9 cm³/mol. The first-order valence-corrected chi connectivity index (χ1v) is 8.35. The van der Waals surface area contributed by atoms with Crippen LogP contribution in [0, 0.1) is 5.82 Å². The molecule has 0 heterocycles. The van der Waals surface area contributed by atoms with Gasteiger partial charge in [-0.2, -0.15) is 0 Å². The minimum absolute atomic E-state index is 0. The van der Waals surface area contributed by atoms with Gasteiger partial charge in [-0.15, -0.1) is 12.4 Å². The van der Waals surface area contributed by atoms with E-state index in [0.29, 0.717) is 4.47 Å². The van der Waals surface area contributed by atoms with Crippen LogP contribution in [0.4, 0.5) is 4.39 Å². The number of hydrogen-bond donors (Lipinski definition) is 2. The standard InChI is InChI=1S/C12H16BrFN2O2S.ClH/c13-10-4-3-9(14)7-11(10)19(17,18)16-12(8-15)5-1-2-6-12;/h3-4,7,16H,1-2,5-6,8,15H2;1H. The van der Waals surface area contributed by atoms with E-state index >= 15 is 0 Å². The van der Waals surface area contributed by atoms with Gasteiger partial charge in [-0.05, 0) is 47.0 Å². The summed E-state index contributed by atoms with van der Waals surface area (Å²) in [6.45, 7) is 0.249. The number of benzene rings is 1. The second-order valence-electron chi connectivity index (χ2n) is 4.87. The third-order valence-corrected chi connectivity index (χ3v) is 6.06. The summed E-state index contributed by atoms with van der Waals surface area (Å²) in [5.74, 6) is -0.586. The van der Waals surface area contributed by atoms with E-state index in [2.05, 4.69) is 20.7 Å². The molecule has 0 unspecified atom stereocenters. The maximum atomic E-state index is 13.2. The quantitative estimate of drug-likeness (QED) is 0.834. The van der Waals surface area contributed by atoms with Crippen molar-refractivity contribution < 1.29 is 12.8 Å². The fourth-order valence-electron chi connectivity index (χ4n) is 2.42. The molecule has 114 valence electrons. The van der Waals surface area contributed by atoms with Crippen molar-refractivity contribution in [3.05, 3.63) is 28.5 Å². The summed E-state index contributed by atoms with van der Waals surface area (Å²) in [5, 5.41) is 0. The zero-order valence-electron chi connectivity index (χ0n) is 10.7. The normalized spacial score (nSPS) is 17.8. The van der Waals surface area contributed by atoms with Crippen LogP contribution in [0.15, 0.2) is 27.6 Å². The fraction of sp³-hybridized carbons (Fsp3) is 0.500. The number of sulfonamides is 1. The number of hydrogen-bond acceptors (Lipinski definition) is 3. The Hall–Kier alpha value is -0.210. The van der Waals surface area contributed by atoms with Crippen molar-refractivity contribution in [3.63, 3.8) is 0 Å². The highest BCUT2D eigenvalue weighted by Crippen LogP contribution is 2.31. The molecule has 1 aromatic rings. The zero-order chi connectivity index (χ0) is 14.1. The lowest BCUT2D eigenvalue weighted by Crippen LogP contribution is -2.51. The van der Waals surface area contributed by atoms with Gasteiger partial charge in [0.15, 0.2) is 0 Å². The van der Waals surface area contributed by atoms with Crippen molar-refractivity contribution in [1.29, 1.82) is 0 Å². The predicted octanol–water partition coefficient (Wildman–Crippen LogP) is 2.56. The molecule has 1 fully saturated rings. The van der Waals surface area contributed by atoms with Crippen molar-refractivity contribution >= 4 is 38.4 Å². The van der Waals surface area contributed by atoms with Crippen LogP contribution >= 0.6 is 28.3 Å². The molecule has 0 atom stereocenters. The van der Waals surface area contributed by atoms with Crippen LogP contribution in [-0.4, -0.2) is 20.5 Å². The van der Waals surface area contributed by atoms with E-state index in [0.717, 1.165) is 31.7 Å². The largest absolute Gasteiger partial charge is 0.329 e. The van der Waals surface area contributed by atoms with Gasteiger partial charge in [0.05, 0.1) is 4.90 Å². The average molecular weight is 388 g/mol. The topological polar surface area (TPSA) is 72.2 Å². The van der Waals surface area contributed by atoms with Gasteiger partial charge in [0.1, 0.15) is 5.82 Å². The zero-order valence-corrected chi connectivity index (χ0v) is 14.0. The molecule has 2 rings (SSSR count). The highest BCUT2D eigenvalue weighted by Gasteiger charge is 2.37. The van der Waals surface area contributed by atoms with Gasteiger partial charge in [-0.1, -0.05) is 12.8 Å². The molecule has 0 aromatic heterocycles. The summed E-state index contributed by atoms with van der Waals surface area (Å²) in [4.78, 5) is -0.0905. The third-order valence-electron chi connectivity index (χ3n) is 3.49. The Morgan fingerprint density at radius 1 is 1.35 bits per heavy atom. The summed E-state index contributed by atoms with van der Waals surface area (Å²) in [7, 11) is -3.78. The number of halogens is 3. The van der Waals surface area contributed by atoms with Gasteiger partial charge in [-0.3, -0.25) is 0 Å². The van der Waals surface area contributed by atoms with Crippen LogP contribution in [0.2, 0.25) is 0 Å². The summed E-state index contributed by atoms with van der Waals surface area (Å²) in [5.41, 5.74) is 5.12. The molecule has 0 bridgehead atoms. The van der Waals surface area contributed by atoms with Gasteiger partial charge in [0.2, 0.25) is 10.0 Å².